The third kappa shape index (κ3) is 7.37. The number of aryl methyl sites for hydroxylation is 2. The third-order valence-corrected chi connectivity index (χ3v) is 3.81. The minimum atomic E-state index is -1.10. The summed E-state index contributed by atoms with van der Waals surface area (Å²) in [5.74, 6) is 2.84. The molecule has 0 bridgehead atoms. The second-order valence-electron chi connectivity index (χ2n) is 6.26. The molecule has 8 heteroatoms. The number of hydrogen-bond acceptors (Lipinski definition) is 5. The fourth-order valence-electron chi connectivity index (χ4n) is 2.60. The number of furan rings is 1. The van der Waals surface area contributed by atoms with E-state index < -0.39 is 5.60 Å². The zero-order valence-electron chi connectivity index (χ0n) is 16.3. The Kier molecular flexibility index (Phi) is 9.57. The van der Waals surface area contributed by atoms with E-state index in [1.165, 1.54) is 0 Å². The monoisotopic (exact) mass is 488 g/mol. The Bertz CT molecular complexity index is 717. The van der Waals surface area contributed by atoms with Gasteiger partial charge in [0.15, 0.2) is 5.96 Å². The van der Waals surface area contributed by atoms with Gasteiger partial charge in [0.1, 0.15) is 29.5 Å². The maximum Gasteiger partial charge on any atom is 0.191 e. The van der Waals surface area contributed by atoms with Gasteiger partial charge in [-0.15, -0.1) is 24.0 Å². The molecule has 0 saturated carbocycles. The van der Waals surface area contributed by atoms with Gasteiger partial charge in [-0.25, -0.2) is 4.99 Å². The van der Waals surface area contributed by atoms with Crippen LogP contribution in [0.25, 0.3) is 0 Å². The van der Waals surface area contributed by atoms with Crippen molar-refractivity contribution in [2.75, 3.05) is 26.2 Å². The van der Waals surface area contributed by atoms with E-state index in [2.05, 4.69) is 20.6 Å². The van der Waals surface area contributed by atoms with Gasteiger partial charge in [0.2, 0.25) is 0 Å². The molecule has 150 valence electrons. The number of aliphatic imine (C=N–C) groups is 1. The normalized spacial score (nSPS) is 13.4. The summed E-state index contributed by atoms with van der Waals surface area (Å²) in [6.07, 6.45) is 3.38. The van der Waals surface area contributed by atoms with Crippen LogP contribution in [-0.4, -0.2) is 42.3 Å². The second kappa shape index (κ2) is 11.1. The molecular weight excluding hydrogens is 459 g/mol. The molecule has 0 aliphatic rings. The number of rotatable bonds is 8. The summed E-state index contributed by atoms with van der Waals surface area (Å²) < 4.78 is 11.1. The summed E-state index contributed by atoms with van der Waals surface area (Å²) in [5.41, 5.74) is -0.342. The predicted molar refractivity (Wildman–Crippen MR) is 117 cm³/mol. The van der Waals surface area contributed by atoms with Crippen LogP contribution in [0.2, 0.25) is 0 Å². The van der Waals surface area contributed by atoms with Crippen LogP contribution in [0.5, 0.6) is 5.75 Å². The van der Waals surface area contributed by atoms with E-state index in [0.29, 0.717) is 24.9 Å². The first-order valence-corrected chi connectivity index (χ1v) is 8.77. The first kappa shape index (κ1) is 23.2. The average molecular weight is 488 g/mol. The highest BCUT2D eigenvalue weighted by molar-refractivity contribution is 14.0. The smallest absolute Gasteiger partial charge is 0.191 e. The fraction of sp³-hybridized carbons (Fsp3) is 0.474. The lowest BCUT2D eigenvalue weighted by Crippen LogP contribution is -2.40. The van der Waals surface area contributed by atoms with Gasteiger partial charge in [-0.05, 0) is 45.9 Å². The molecule has 0 amide bonds. The summed E-state index contributed by atoms with van der Waals surface area (Å²) in [4.78, 5) is 8.50. The van der Waals surface area contributed by atoms with Gasteiger partial charge in [-0.1, -0.05) is 0 Å². The zero-order chi connectivity index (χ0) is 19.0. The number of pyridine rings is 1. The topological polar surface area (TPSA) is 91.9 Å². The van der Waals surface area contributed by atoms with Crippen molar-refractivity contribution >= 4 is 29.9 Å². The van der Waals surface area contributed by atoms with Crippen LogP contribution in [0, 0.1) is 13.8 Å². The molecule has 0 radical (unpaired) electrons. The van der Waals surface area contributed by atoms with Crippen LogP contribution in [-0.2, 0) is 5.60 Å². The van der Waals surface area contributed by atoms with Crippen LogP contribution < -0.4 is 15.4 Å². The number of aromatic nitrogens is 1. The quantitative estimate of drug-likeness (QED) is 0.229. The molecule has 7 nitrogen and oxygen atoms in total. The SMILES string of the molecule is CCNC(=NCC(C)(O)c1cc(C)oc1C)NCCOc1cccnc1.I. The third-order valence-electron chi connectivity index (χ3n) is 3.81. The summed E-state index contributed by atoms with van der Waals surface area (Å²) in [6.45, 7) is 9.43. The number of hydrogen-bond donors (Lipinski definition) is 3. The highest BCUT2D eigenvalue weighted by atomic mass is 127. The van der Waals surface area contributed by atoms with Crippen molar-refractivity contribution in [2.45, 2.75) is 33.3 Å². The molecule has 2 aromatic rings. The first-order valence-electron chi connectivity index (χ1n) is 8.77. The van der Waals surface area contributed by atoms with Gasteiger partial charge in [-0.2, -0.15) is 0 Å². The van der Waals surface area contributed by atoms with Gasteiger partial charge in [-0.3, -0.25) is 4.98 Å². The van der Waals surface area contributed by atoms with E-state index in [-0.39, 0.29) is 30.5 Å². The van der Waals surface area contributed by atoms with E-state index in [1.807, 2.05) is 39.0 Å². The van der Waals surface area contributed by atoms with Gasteiger partial charge in [0, 0.05) is 18.3 Å². The highest BCUT2D eigenvalue weighted by Gasteiger charge is 2.27. The van der Waals surface area contributed by atoms with Crippen LogP contribution in [0.15, 0.2) is 40.0 Å². The van der Waals surface area contributed by atoms with E-state index in [9.17, 15) is 5.11 Å². The molecule has 3 N–H and O–H groups in total. The number of aliphatic hydroxyl groups is 1. The first-order chi connectivity index (χ1) is 12.4. The Labute approximate surface area is 177 Å². The van der Waals surface area contributed by atoms with Crippen LogP contribution in [0.4, 0.5) is 0 Å². The van der Waals surface area contributed by atoms with Crippen LogP contribution >= 0.6 is 24.0 Å². The molecule has 0 spiro atoms. The average Bonchev–Trinajstić information content (AvgIpc) is 2.96. The predicted octanol–water partition coefficient (Wildman–Crippen LogP) is 2.75. The number of halogens is 1. The highest BCUT2D eigenvalue weighted by Crippen LogP contribution is 2.27. The summed E-state index contributed by atoms with van der Waals surface area (Å²) in [7, 11) is 0. The molecule has 2 rings (SSSR count). The van der Waals surface area contributed by atoms with Crippen molar-refractivity contribution in [3.05, 3.63) is 47.7 Å². The largest absolute Gasteiger partial charge is 0.490 e. The molecule has 0 fully saturated rings. The van der Waals surface area contributed by atoms with Crippen molar-refractivity contribution in [3.63, 3.8) is 0 Å². The molecule has 27 heavy (non-hydrogen) atoms. The molecule has 2 aromatic heterocycles. The summed E-state index contributed by atoms with van der Waals surface area (Å²) >= 11 is 0. The van der Waals surface area contributed by atoms with E-state index in [4.69, 9.17) is 9.15 Å². The number of ether oxygens (including phenoxy) is 1. The van der Waals surface area contributed by atoms with Crippen LogP contribution in [0.3, 0.4) is 0 Å². The molecule has 0 aliphatic carbocycles. The lowest BCUT2D eigenvalue weighted by molar-refractivity contribution is 0.0657. The van der Waals surface area contributed by atoms with Gasteiger partial charge in [0.25, 0.3) is 0 Å². The Morgan fingerprint density at radius 3 is 2.74 bits per heavy atom. The van der Waals surface area contributed by atoms with Gasteiger partial charge >= 0.3 is 0 Å². The van der Waals surface area contributed by atoms with Gasteiger partial charge in [0.05, 0.1) is 19.3 Å². The molecule has 0 saturated heterocycles. The Morgan fingerprint density at radius 1 is 1.37 bits per heavy atom. The molecule has 0 aliphatic heterocycles. The summed E-state index contributed by atoms with van der Waals surface area (Å²) in [6, 6.07) is 5.54. The zero-order valence-corrected chi connectivity index (χ0v) is 18.6. The molecule has 1 atom stereocenters. The Morgan fingerprint density at radius 2 is 2.15 bits per heavy atom. The number of nitrogens with one attached hydrogen (secondary N) is 2. The van der Waals surface area contributed by atoms with Crippen LogP contribution in [0.1, 0.15) is 30.9 Å². The number of nitrogens with zero attached hydrogens (tertiary/aromatic N) is 2. The molecular formula is C19H29IN4O3. The van der Waals surface area contributed by atoms with E-state index in [1.54, 1.807) is 19.3 Å². The maximum absolute atomic E-state index is 10.8. The standard InChI is InChI=1S/C19H28N4O3.HI/c1-5-21-18(22-9-10-25-16-7-6-8-20-12-16)23-13-19(4,24)17-11-14(2)26-15(17)3;/h6-8,11-12,24H,5,9-10,13H2,1-4H3,(H2,21,22,23);1H. The maximum atomic E-state index is 10.8. The Balaban J connectivity index is 0.00000364. The lowest BCUT2D eigenvalue weighted by atomic mass is 9.96. The van der Waals surface area contributed by atoms with Gasteiger partial charge < -0.3 is 24.9 Å². The van der Waals surface area contributed by atoms with Crippen molar-refractivity contribution in [1.29, 1.82) is 0 Å². The molecule has 0 aromatic carbocycles. The fourth-order valence-corrected chi connectivity index (χ4v) is 2.60. The molecule has 2 heterocycles. The lowest BCUT2D eigenvalue weighted by Gasteiger charge is -2.21. The van der Waals surface area contributed by atoms with Crippen molar-refractivity contribution < 1.29 is 14.3 Å². The number of guanidine groups is 1. The second-order valence-corrected chi connectivity index (χ2v) is 6.26. The van der Waals surface area contributed by atoms with Crippen molar-refractivity contribution in [2.24, 2.45) is 4.99 Å². The van der Waals surface area contributed by atoms with Crippen molar-refractivity contribution in [1.82, 2.24) is 15.6 Å². The summed E-state index contributed by atoms with van der Waals surface area (Å²) in [5, 5.41) is 17.1. The minimum absolute atomic E-state index is 0. The Hall–Kier alpha value is -1.81. The molecule has 1 unspecified atom stereocenters. The minimum Gasteiger partial charge on any atom is -0.490 e. The van der Waals surface area contributed by atoms with E-state index in [0.717, 1.165) is 23.6 Å². The van der Waals surface area contributed by atoms with Crippen molar-refractivity contribution in [3.8, 4) is 5.75 Å². The van der Waals surface area contributed by atoms with E-state index >= 15 is 0 Å².